The van der Waals surface area contributed by atoms with Gasteiger partial charge in [0.2, 0.25) is 0 Å². The smallest absolute Gasteiger partial charge is 0.187 e. The number of rotatable bonds is 5. The Kier molecular flexibility index (Phi) is 6.14. The molecule has 4 nitrogen and oxygen atoms in total. The minimum absolute atomic E-state index is 0.260. The molecule has 0 amide bonds. The summed E-state index contributed by atoms with van der Waals surface area (Å²) in [5.74, 6) is 0. The van der Waals surface area contributed by atoms with Gasteiger partial charge in [0.15, 0.2) is 5.11 Å². The molecule has 130 valence electrons. The molecule has 0 radical (unpaired) electrons. The topological polar surface area (TPSA) is 45.7 Å². The third-order valence-corrected chi connectivity index (χ3v) is 4.48. The summed E-state index contributed by atoms with van der Waals surface area (Å²) < 4.78 is 5.56. The fourth-order valence-electron chi connectivity index (χ4n) is 2.79. The van der Waals surface area contributed by atoms with Crippen LogP contribution in [0, 0.1) is 0 Å². The lowest BCUT2D eigenvalue weighted by molar-refractivity contribution is 0.114. The van der Waals surface area contributed by atoms with E-state index >= 15 is 0 Å². The van der Waals surface area contributed by atoms with E-state index in [4.69, 9.17) is 17.0 Å². The molecule has 0 unspecified atom stereocenters. The van der Waals surface area contributed by atoms with Gasteiger partial charge in [0.05, 0.1) is 11.8 Å². The van der Waals surface area contributed by atoms with Crippen molar-refractivity contribution in [2.75, 3.05) is 13.2 Å². The molecular weight excluding hydrogens is 330 g/mol. The molecule has 2 aromatic carbocycles. The number of hydrazone groups is 1. The summed E-state index contributed by atoms with van der Waals surface area (Å²) in [6.07, 6.45) is 2.48. The number of thiocarbonyl (C=S) groups is 1. The average Bonchev–Trinajstić information content (AvgIpc) is 3.19. The van der Waals surface area contributed by atoms with Gasteiger partial charge in [-0.2, -0.15) is 5.10 Å². The van der Waals surface area contributed by atoms with Crippen molar-refractivity contribution in [3.8, 4) is 11.1 Å². The Hall–Kier alpha value is -2.24. The van der Waals surface area contributed by atoms with Crippen molar-refractivity contribution in [3.05, 3.63) is 60.2 Å². The van der Waals surface area contributed by atoms with Crippen LogP contribution in [0.25, 0.3) is 11.1 Å². The summed E-state index contributed by atoms with van der Waals surface area (Å²) in [5.41, 5.74) is 7.26. The lowest BCUT2D eigenvalue weighted by Crippen LogP contribution is -2.37. The molecule has 3 rings (SSSR count). The van der Waals surface area contributed by atoms with Crippen molar-refractivity contribution in [2.24, 2.45) is 5.10 Å². The second-order valence-corrected chi connectivity index (χ2v) is 6.51. The second kappa shape index (κ2) is 8.74. The van der Waals surface area contributed by atoms with Crippen molar-refractivity contribution < 1.29 is 4.74 Å². The zero-order chi connectivity index (χ0) is 17.5. The van der Waals surface area contributed by atoms with Crippen LogP contribution in [0.2, 0.25) is 0 Å². The summed E-state index contributed by atoms with van der Waals surface area (Å²) in [6.45, 7) is 3.54. The standard InChI is InChI=1S/C20H23N3OS/c1-15(22-23-20(25)21-14-19-8-5-13-24-19)16-9-11-18(12-10-16)17-6-3-2-4-7-17/h2-4,6-7,9-12,19H,5,8,13-14H2,1H3,(H2,21,23,25)/b22-15-/t19-/m0/s1. The molecule has 1 atom stereocenters. The van der Waals surface area contributed by atoms with E-state index < -0.39 is 0 Å². The predicted octanol–water partition coefficient (Wildman–Crippen LogP) is 3.72. The highest BCUT2D eigenvalue weighted by Crippen LogP contribution is 2.19. The molecule has 0 aliphatic carbocycles. The maximum Gasteiger partial charge on any atom is 0.187 e. The van der Waals surface area contributed by atoms with Crippen LogP contribution in [-0.4, -0.2) is 30.1 Å². The first-order valence-corrected chi connectivity index (χ1v) is 8.99. The minimum atomic E-state index is 0.260. The minimum Gasteiger partial charge on any atom is -0.376 e. The summed E-state index contributed by atoms with van der Waals surface area (Å²) in [4.78, 5) is 0. The molecule has 1 aliphatic heterocycles. The van der Waals surface area contributed by atoms with Gasteiger partial charge in [0.1, 0.15) is 0 Å². The molecular formula is C20H23N3OS. The zero-order valence-corrected chi connectivity index (χ0v) is 15.2. The lowest BCUT2D eigenvalue weighted by atomic mass is 10.0. The summed E-state index contributed by atoms with van der Waals surface area (Å²) in [7, 11) is 0. The van der Waals surface area contributed by atoms with Crippen molar-refractivity contribution in [3.63, 3.8) is 0 Å². The van der Waals surface area contributed by atoms with E-state index in [1.807, 2.05) is 25.1 Å². The SMILES string of the molecule is C/C(=N/NC(=S)NC[C@@H]1CCCO1)c1ccc(-c2ccccc2)cc1. The molecule has 25 heavy (non-hydrogen) atoms. The Morgan fingerprint density at radius 2 is 1.84 bits per heavy atom. The highest BCUT2D eigenvalue weighted by Gasteiger charge is 2.15. The molecule has 1 aliphatic rings. The van der Waals surface area contributed by atoms with Gasteiger partial charge in [-0.25, -0.2) is 0 Å². The molecule has 2 N–H and O–H groups in total. The fourth-order valence-corrected chi connectivity index (χ4v) is 2.91. The molecule has 0 spiro atoms. The first kappa shape index (κ1) is 17.6. The van der Waals surface area contributed by atoms with E-state index in [9.17, 15) is 0 Å². The van der Waals surface area contributed by atoms with Crippen LogP contribution >= 0.6 is 12.2 Å². The Morgan fingerprint density at radius 3 is 2.52 bits per heavy atom. The van der Waals surface area contributed by atoms with E-state index in [1.54, 1.807) is 0 Å². The van der Waals surface area contributed by atoms with Gasteiger partial charge in [0, 0.05) is 13.2 Å². The number of hydrogen-bond acceptors (Lipinski definition) is 3. The normalized spacial score (nSPS) is 17.3. The van der Waals surface area contributed by atoms with Crippen molar-refractivity contribution in [1.29, 1.82) is 0 Å². The molecule has 1 heterocycles. The molecule has 1 fully saturated rings. The fraction of sp³-hybridized carbons (Fsp3) is 0.300. The van der Waals surface area contributed by atoms with Crippen LogP contribution in [0.5, 0.6) is 0 Å². The maximum atomic E-state index is 5.56. The highest BCUT2D eigenvalue weighted by molar-refractivity contribution is 7.80. The summed E-state index contributed by atoms with van der Waals surface area (Å²) in [6, 6.07) is 18.7. The second-order valence-electron chi connectivity index (χ2n) is 6.10. The van der Waals surface area contributed by atoms with Crippen LogP contribution in [0.15, 0.2) is 59.7 Å². The van der Waals surface area contributed by atoms with Crippen LogP contribution in [-0.2, 0) is 4.74 Å². The number of hydrogen-bond donors (Lipinski definition) is 2. The maximum absolute atomic E-state index is 5.56. The Morgan fingerprint density at radius 1 is 1.12 bits per heavy atom. The molecule has 1 saturated heterocycles. The average molecular weight is 353 g/mol. The van der Waals surface area contributed by atoms with Crippen molar-refractivity contribution in [1.82, 2.24) is 10.7 Å². The Balaban J connectivity index is 1.53. The molecule has 2 aromatic rings. The Bertz CT molecular complexity index is 722. The predicted molar refractivity (Wildman–Crippen MR) is 107 cm³/mol. The first-order valence-electron chi connectivity index (χ1n) is 8.58. The van der Waals surface area contributed by atoms with Crippen LogP contribution in [0.1, 0.15) is 25.3 Å². The van der Waals surface area contributed by atoms with E-state index in [-0.39, 0.29) is 6.10 Å². The van der Waals surface area contributed by atoms with Gasteiger partial charge in [-0.15, -0.1) is 0 Å². The molecule has 0 saturated carbocycles. The molecule has 0 aromatic heterocycles. The summed E-state index contributed by atoms with van der Waals surface area (Å²) in [5, 5.41) is 8.04. The van der Waals surface area contributed by atoms with Crippen molar-refractivity contribution >= 4 is 23.0 Å². The number of ether oxygens (including phenoxy) is 1. The van der Waals surface area contributed by atoms with E-state index in [0.717, 1.165) is 37.3 Å². The zero-order valence-electron chi connectivity index (χ0n) is 14.4. The lowest BCUT2D eigenvalue weighted by Gasteiger charge is -2.12. The van der Waals surface area contributed by atoms with Gasteiger partial charge < -0.3 is 10.1 Å². The van der Waals surface area contributed by atoms with Gasteiger partial charge in [-0.05, 0) is 48.7 Å². The Labute approximate surface area is 154 Å². The van der Waals surface area contributed by atoms with Crippen LogP contribution in [0.3, 0.4) is 0 Å². The van der Waals surface area contributed by atoms with E-state index in [0.29, 0.717) is 5.11 Å². The molecule has 5 heteroatoms. The van der Waals surface area contributed by atoms with Crippen LogP contribution in [0.4, 0.5) is 0 Å². The largest absolute Gasteiger partial charge is 0.376 e. The van der Waals surface area contributed by atoms with Gasteiger partial charge in [0.25, 0.3) is 0 Å². The first-order chi connectivity index (χ1) is 12.2. The van der Waals surface area contributed by atoms with E-state index in [2.05, 4.69) is 52.2 Å². The third kappa shape index (κ3) is 5.11. The molecule has 0 bridgehead atoms. The number of nitrogens with zero attached hydrogens (tertiary/aromatic N) is 1. The van der Waals surface area contributed by atoms with Gasteiger partial charge >= 0.3 is 0 Å². The third-order valence-electron chi connectivity index (χ3n) is 4.25. The van der Waals surface area contributed by atoms with Crippen LogP contribution < -0.4 is 10.7 Å². The van der Waals surface area contributed by atoms with E-state index in [1.165, 1.54) is 11.1 Å². The highest BCUT2D eigenvalue weighted by atomic mass is 32.1. The monoisotopic (exact) mass is 353 g/mol. The summed E-state index contributed by atoms with van der Waals surface area (Å²) >= 11 is 5.26. The van der Waals surface area contributed by atoms with Gasteiger partial charge in [-0.1, -0.05) is 54.6 Å². The number of nitrogens with one attached hydrogen (secondary N) is 2. The number of benzene rings is 2. The van der Waals surface area contributed by atoms with Gasteiger partial charge in [-0.3, -0.25) is 5.43 Å². The quantitative estimate of drug-likeness (QED) is 0.489. The van der Waals surface area contributed by atoms with Crippen molar-refractivity contribution in [2.45, 2.75) is 25.9 Å².